The molecule has 0 bridgehead atoms. The highest BCUT2D eigenvalue weighted by Gasteiger charge is 2.19. The first-order valence-electron chi connectivity index (χ1n) is 5.72. The molecule has 0 spiro atoms. The highest BCUT2D eigenvalue weighted by atomic mass is 35.5. The molecule has 2 heteroatoms. The van der Waals surface area contributed by atoms with Crippen molar-refractivity contribution >= 4 is 11.6 Å². The van der Waals surface area contributed by atoms with Gasteiger partial charge in [0.25, 0.3) is 0 Å². The molecule has 1 aromatic carbocycles. The SMILES string of the molecule is CCC(C)N1CCc2cc(Cl)ccc2C1. The summed E-state index contributed by atoms with van der Waals surface area (Å²) in [5, 5.41) is 0.866. The maximum absolute atomic E-state index is 5.99. The minimum atomic E-state index is 0.689. The zero-order chi connectivity index (χ0) is 10.8. The summed E-state index contributed by atoms with van der Waals surface area (Å²) >= 11 is 5.99. The summed E-state index contributed by atoms with van der Waals surface area (Å²) in [6.07, 6.45) is 2.36. The predicted molar refractivity (Wildman–Crippen MR) is 65.3 cm³/mol. The summed E-state index contributed by atoms with van der Waals surface area (Å²) in [4.78, 5) is 2.55. The summed E-state index contributed by atoms with van der Waals surface area (Å²) in [5.41, 5.74) is 2.88. The fourth-order valence-electron chi connectivity index (χ4n) is 2.18. The molecule has 0 saturated heterocycles. The lowest BCUT2D eigenvalue weighted by Crippen LogP contribution is -2.37. The molecule has 15 heavy (non-hydrogen) atoms. The van der Waals surface area contributed by atoms with Gasteiger partial charge in [0.05, 0.1) is 0 Å². The molecule has 2 rings (SSSR count). The van der Waals surface area contributed by atoms with E-state index in [-0.39, 0.29) is 0 Å². The zero-order valence-electron chi connectivity index (χ0n) is 9.46. The van der Waals surface area contributed by atoms with E-state index in [4.69, 9.17) is 11.6 Å². The van der Waals surface area contributed by atoms with E-state index in [1.54, 1.807) is 0 Å². The van der Waals surface area contributed by atoms with E-state index in [1.807, 2.05) is 6.07 Å². The number of fused-ring (bicyclic) bond motifs is 1. The summed E-state index contributed by atoms with van der Waals surface area (Å²) in [7, 11) is 0. The van der Waals surface area contributed by atoms with Gasteiger partial charge in [0, 0.05) is 24.2 Å². The Morgan fingerprint density at radius 3 is 2.93 bits per heavy atom. The molecule has 0 saturated carbocycles. The number of hydrogen-bond acceptors (Lipinski definition) is 1. The molecule has 0 aromatic heterocycles. The Balaban J connectivity index is 2.16. The third-order valence-corrected chi connectivity index (χ3v) is 3.66. The number of halogens is 1. The monoisotopic (exact) mass is 223 g/mol. The van der Waals surface area contributed by atoms with Gasteiger partial charge >= 0.3 is 0 Å². The topological polar surface area (TPSA) is 3.24 Å². The van der Waals surface area contributed by atoms with Crippen LogP contribution in [0.5, 0.6) is 0 Å². The van der Waals surface area contributed by atoms with Gasteiger partial charge in [-0.2, -0.15) is 0 Å². The van der Waals surface area contributed by atoms with Gasteiger partial charge in [0.1, 0.15) is 0 Å². The molecular weight excluding hydrogens is 206 g/mol. The standard InChI is InChI=1S/C13H18ClN/c1-3-10(2)15-7-6-11-8-13(14)5-4-12(11)9-15/h4-5,8,10H,3,6-7,9H2,1-2H3. The van der Waals surface area contributed by atoms with Gasteiger partial charge in [-0.1, -0.05) is 24.6 Å². The van der Waals surface area contributed by atoms with Crippen LogP contribution in [0.1, 0.15) is 31.4 Å². The van der Waals surface area contributed by atoms with E-state index >= 15 is 0 Å². The van der Waals surface area contributed by atoms with E-state index in [9.17, 15) is 0 Å². The van der Waals surface area contributed by atoms with Gasteiger partial charge < -0.3 is 0 Å². The first-order valence-corrected chi connectivity index (χ1v) is 6.10. The molecule has 1 aliphatic rings. The van der Waals surface area contributed by atoms with Crippen molar-refractivity contribution < 1.29 is 0 Å². The molecule has 0 fully saturated rings. The Kier molecular flexibility index (Phi) is 3.32. The van der Waals surface area contributed by atoms with Crippen molar-refractivity contribution in [2.45, 2.75) is 39.3 Å². The third-order valence-electron chi connectivity index (χ3n) is 3.42. The van der Waals surface area contributed by atoms with Crippen LogP contribution >= 0.6 is 11.6 Å². The fourth-order valence-corrected chi connectivity index (χ4v) is 2.37. The average Bonchev–Trinajstić information content (AvgIpc) is 2.27. The second kappa shape index (κ2) is 4.54. The minimum Gasteiger partial charge on any atom is -0.296 e. The van der Waals surface area contributed by atoms with Crippen LogP contribution in [0.4, 0.5) is 0 Å². The van der Waals surface area contributed by atoms with Gasteiger partial charge in [0.2, 0.25) is 0 Å². The van der Waals surface area contributed by atoms with Crippen molar-refractivity contribution in [1.29, 1.82) is 0 Å². The van der Waals surface area contributed by atoms with E-state index in [2.05, 4.69) is 30.9 Å². The predicted octanol–water partition coefficient (Wildman–Crippen LogP) is 3.50. The second-order valence-corrected chi connectivity index (χ2v) is 4.83. The Hall–Kier alpha value is -0.530. The smallest absolute Gasteiger partial charge is 0.0408 e. The van der Waals surface area contributed by atoms with Crippen LogP contribution in [0.25, 0.3) is 0 Å². The maximum atomic E-state index is 5.99. The molecule has 1 heterocycles. The molecular formula is C13H18ClN. The molecule has 0 amide bonds. The Morgan fingerprint density at radius 2 is 2.20 bits per heavy atom. The van der Waals surface area contributed by atoms with E-state index in [1.165, 1.54) is 24.1 Å². The highest BCUT2D eigenvalue weighted by Crippen LogP contribution is 2.24. The van der Waals surface area contributed by atoms with Crippen molar-refractivity contribution in [3.05, 3.63) is 34.3 Å². The van der Waals surface area contributed by atoms with Crippen molar-refractivity contribution in [1.82, 2.24) is 4.90 Å². The van der Waals surface area contributed by atoms with Crippen LogP contribution in [-0.4, -0.2) is 17.5 Å². The molecule has 1 aromatic rings. The van der Waals surface area contributed by atoms with Crippen molar-refractivity contribution in [2.75, 3.05) is 6.54 Å². The lowest BCUT2D eigenvalue weighted by atomic mass is 9.98. The van der Waals surface area contributed by atoms with Crippen LogP contribution in [0, 0.1) is 0 Å². The Morgan fingerprint density at radius 1 is 1.40 bits per heavy atom. The fraction of sp³-hybridized carbons (Fsp3) is 0.538. The van der Waals surface area contributed by atoms with Crippen molar-refractivity contribution in [3.63, 3.8) is 0 Å². The molecule has 1 atom stereocenters. The number of rotatable bonds is 2. The highest BCUT2D eigenvalue weighted by molar-refractivity contribution is 6.30. The first kappa shape index (κ1) is 11.0. The van der Waals surface area contributed by atoms with E-state index < -0.39 is 0 Å². The lowest BCUT2D eigenvalue weighted by Gasteiger charge is -2.33. The Labute approximate surface area is 97.0 Å². The average molecular weight is 224 g/mol. The summed E-state index contributed by atoms with van der Waals surface area (Å²) in [6.45, 7) is 6.81. The molecule has 1 unspecified atom stereocenters. The Bertz CT molecular complexity index is 348. The molecule has 0 aliphatic carbocycles. The molecule has 0 N–H and O–H groups in total. The number of hydrogen-bond donors (Lipinski definition) is 0. The van der Waals surface area contributed by atoms with Crippen LogP contribution in [0.2, 0.25) is 5.02 Å². The number of benzene rings is 1. The normalized spacial score (nSPS) is 18.6. The molecule has 0 radical (unpaired) electrons. The molecule has 1 aliphatic heterocycles. The summed E-state index contributed by atoms with van der Waals surface area (Å²) in [5.74, 6) is 0. The van der Waals surface area contributed by atoms with E-state index in [0.29, 0.717) is 6.04 Å². The van der Waals surface area contributed by atoms with Crippen molar-refractivity contribution in [3.8, 4) is 0 Å². The van der Waals surface area contributed by atoms with Crippen LogP contribution in [0.15, 0.2) is 18.2 Å². The van der Waals surface area contributed by atoms with Crippen LogP contribution in [-0.2, 0) is 13.0 Å². The van der Waals surface area contributed by atoms with Gasteiger partial charge in [-0.05, 0) is 43.0 Å². The van der Waals surface area contributed by atoms with Gasteiger partial charge in [0.15, 0.2) is 0 Å². The van der Waals surface area contributed by atoms with Gasteiger partial charge in [-0.25, -0.2) is 0 Å². The summed E-state index contributed by atoms with van der Waals surface area (Å²) in [6, 6.07) is 6.98. The molecule has 1 nitrogen and oxygen atoms in total. The lowest BCUT2D eigenvalue weighted by molar-refractivity contribution is 0.186. The van der Waals surface area contributed by atoms with Crippen LogP contribution in [0.3, 0.4) is 0 Å². The van der Waals surface area contributed by atoms with E-state index in [0.717, 1.165) is 18.0 Å². The van der Waals surface area contributed by atoms with Crippen molar-refractivity contribution in [2.24, 2.45) is 0 Å². The van der Waals surface area contributed by atoms with Gasteiger partial charge in [-0.3, -0.25) is 4.90 Å². The van der Waals surface area contributed by atoms with Gasteiger partial charge in [-0.15, -0.1) is 0 Å². The zero-order valence-corrected chi connectivity index (χ0v) is 10.2. The quantitative estimate of drug-likeness (QED) is 0.742. The maximum Gasteiger partial charge on any atom is 0.0408 e. The third kappa shape index (κ3) is 2.35. The molecule has 82 valence electrons. The second-order valence-electron chi connectivity index (χ2n) is 4.39. The minimum absolute atomic E-state index is 0.689. The largest absolute Gasteiger partial charge is 0.296 e. The first-order chi connectivity index (χ1) is 7.20. The van der Waals surface area contributed by atoms with Crippen LogP contribution < -0.4 is 0 Å². The number of nitrogens with zero attached hydrogens (tertiary/aromatic N) is 1. The summed E-state index contributed by atoms with van der Waals surface area (Å²) < 4.78 is 0.